The lowest BCUT2D eigenvalue weighted by molar-refractivity contribution is -0.136. The van der Waals surface area contributed by atoms with Crippen LogP contribution in [-0.4, -0.2) is 44.0 Å². The van der Waals surface area contributed by atoms with Gasteiger partial charge in [-0.2, -0.15) is 0 Å². The molecule has 5 heteroatoms. The molecule has 0 heterocycles. The van der Waals surface area contributed by atoms with Gasteiger partial charge in [0.15, 0.2) is 0 Å². The molecular formula is C14H20N2O3. The lowest BCUT2D eigenvalue weighted by Crippen LogP contribution is -2.36. The molecule has 2 amide bonds. The van der Waals surface area contributed by atoms with Gasteiger partial charge in [-0.15, -0.1) is 0 Å². The molecule has 0 spiro atoms. The third-order valence-corrected chi connectivity index (χ3v) is 2.75. The van der Waals surface area contributed by atoms with E-state index in [-0.39, 0.29) is 25.0 Å². The zero-order valence-electron chi connectivity index (χ0n) is 11.6. The maximum Gasteiger partial charge on any atom is 0.248 e. The first-order valence-electron chi connectivity index (χ1n) is 6.19. The SMILES string of the molecule is CCc1ccccc1NC(=O)CN(C)C(=O)COC. The van der Waals surface area contributed by atoms with Crippen LogP contribution in [0.1, 0.15) is 12.5 Å². The van der Waals surface area contributed by atoms with E-state index < -0.39 is 0 Å². The molecule has 1 rings (SSSR count). The summed E-state index contributed by atoms with van der Waals surface area (Å²) in [6.07, 6.45) is 0.842. The Labute approximate surface area is 113 Å². The number of nitrogens with one attached hydrogen (secondary N) is 1. The van der Waals surface area contributed by atoms with Gasteiger partial charge in [0.2, 0.25) is 11.8 Å². The summed E-state index contributed by atoms with van der Waals surface area (Å²) in [6, 6.07) is 7.63. The van der Waals surface area contributed by atoms with Gasteiger partial charge in [0.05, 0.1) is 6.54 Å². The van der Waals surface area contributed by atoms with Crippen molar-refractivity contribution in [3.8, 4) is 0 Å². The van der Waals surface area contributed by atoms with Crippen LogP contribution in [-0.2, 0) is 20.7 Å². The van der Waals surface area contributed by atoms with E-state index >= 15 is 0 Å². The van der Waals surface area contributed by atoms with Crippen molar-refractivity contribution in [3.63, 3.8) is 0 Å². The highest BCUT2D eigenvalue weighted by molar-refractivity contribution is 5.95. The third-order valence-electron chi connectivity index (χ3n) is 2.75. The quantitative estimate of drug-likeness (QED) is 0.842. The number of ether oxygens (including phenoxy) is 1. The highest BCUT2D eigenvalue weighted by Crippen LogP contribution is 2.15. The molecular weight excluding hydrogens is 244 g/mol. The van der Waals surface area contributed by atoms with Gasteiger partial charge < -0.3 is 15.0 Å². The van der Waals surface area contributed by atoms with Crippen molar-refractivity contribution in [2.24, 2.45) is 0 Å². The summed E-state index contributed by atoms with van der Waals surface area (Å²) in [5.41, 5.74) is 1.87. The monoisotopic (exact) mass is 264 g/mol. The minimum atomic E-state index is -0.221. The van der Waals surface area contributed by atoms with Crippen molar-refractivity contribution in [3.05, 3.63) is 29.8 Å². The fourth-order valence-corrected chi connectivity index (χ4v) is 1.68. The molecule has 0 unspecified atom stereocenters. The van der Waals surface area contributed by atoms with Gasteiger partial charge in [0.25, 0.3) is 0 Å². The van der Waals surface area contributed by atoms with Gasteiger partial charge in [0.1, 0.15) is 6.61 Å². The van der Waals surface area contributed by atoms with Crippen LogP contribution >= 0.6 is 0 Å². The van der Waals surface area contributed by atoms with Crippen LogP contribution in [0.25, 0.3) is 0 Å². The predicted octanol–water partition coefficient (Wildman–Crippen LogP) is 1.29. The van der Waals surface area contributed by atoms with Crippen LogP contribution in [0.5, 0.6) is 0 Å². The molecule has 19 heavy (non-hydrogen) atoms. The van der Waals surface area contributed by atoms with E-state index in [1.54, 1.807) is 7.05 Å². The van der Waals surface area contributed by atoms with Gasteiger partial charge in [-0.1, -0.05) is 25.1 Å². The Bertz CT molecular complexity index is 446. The van der Waals surface area contributed by atoms with Crippen molar-refractivity contribution < 1.29 is 14.3 Å². The molecule has 0 aliphatic rings. The zero-order chi connectivity index (χ0) is 14.3. The maximum atomic E-state index is 11.9. The molecule has 1 aromatic rings. The lowest BCUT2D eigenvalue weighted by Gasteiger charge is -2.17. The topological polar surface area (TPSA) is 58.6 Å². The Morgan fingerprint density at radius 3 is 2.63 bits per heavy atom. The largest absolute Gasteiger partial charge is 0.375 e. The highest BCUT2D eigenvalue weighted by atomic mass is 16.5. The Morgan fingerprint density at radius 2 is 2.00 bits per heavy atom. The highest BCUT2D eigenvalue weighted by Gasteiger charge is 2.13. The van der Waals surface area contributed by atoms with E-state index in [1.165, 1.54) is 12.0 Å². The van der Waals surface area contributed by atoms with Crippen molar-refractivity contribution in [2.45, 2.75) is 13.3 Å². The number of benzene rings is 1. The molecule has 0 aliphatic carbocycles. The number of carbonyl (C=O) groups excluding carboxylic acids is 2. The lowest BCUT2D eigenvalue weighted by atomic mass is 10.1. The summed E-state index contributed by atoms with van der Waals surface area (Å²) >= 11 is 0. The second-order valence-corrected chi connectivity index (χ2v) is 4.24. The molecule has 104 valence electrons. The average Bonchev–Trinajstić information content (AvgIpc) is 2.39. The van der Waals surface area contributed by atoms with Crippen LogP contribution in [0.15, 0.2) is 24.3 Å². The summed E-state index contributed by atoms with van der Waals surface area (Å²) in [5.74, 6) is -0.436. The van der Waals surface area contributed by atoms with Gasteiger partial charge in [-0.25, -0.2) is 0 Å². The number of hydrogen-bond donors (Lipinski definition) is 1. The summed E-state index contributed by atoms with van der Waals surface area (Å²) in [6.45, 7) is 2.02. The van der Waals surface area contributed by atoms with E-state index in [9.17, 15) is 9.59 Å². The number of anilines is 1. The Kier molecular flexibility index (Phi) is 6.02. The maximum absolute atomic E-state index is 11.9. The van der Waals surface area contributed by atoms with Gasteiger partial charge in [0, 0.05) is 19.8 Å². The molecule has 0 bridgehead atoms. The number of hydrogen-bond acceptors (Lipinski definition) is 3. The minimum absolute atomic E-state index is 0.0141. The van der Waals surface area contributed by atoms with Crippen molar-refractivity contribution in [1.82, 2.24) is 4.90 Å². The van der Waals surface area contributed by atoms with E-state index in [0.29, 0.717) is 0 Å². The van der Waals surface area contributed by atoms with Crippen LogP contribution in [0, 0.1) is 0 Å². The van der Waals surface area contributed by atoms with Crippen LogP contribution in [0.2, 0.25) is 0 Å². The summed E-state index contributed by atoms with van der Waals surface area (Å²) in [7, 11) is 3.02. The number of nitrogens with zero attached hydrogens (tertiary/aromatic N) is 1. The predicted molar refractivity (Wildman–Crippen MR) is 74.0 cm³/mol. The number of methoxy groups -OCH3 is 1. The molecule has 1 aromatic carbocycles. The van der Waals surface area contributed by atoms with Gasteiger partial charge in [-0.3, -0.25) is 9.59 Å². The first-order chi connectivity index (χ1) is 9.08. The number of amides is 2. The Balaban J connectivity index is 2.58. The molecule has 0 fully saturated rings. The van der Waals surface area contributed by atoms with Gasteiger partial charge >= 0.3 is 0 Å². The van der Waals surface area contributed by atoms with Crippen LogP contribution < -0.4 is 5.32 Å². The van der Waals surface area contributed by atoms with Gasteiger partial charge in [-0.05, 0) is 18.1 Å². The molecule has 5 nitrogen and oxygen atoms in total. The molecule has 0 aliphatic heterocycles. The second kappa shape index (κ2) is 7.53. The molecule has 0 saturated heterocycles. The number of rotatable bonds is 6. The zero-order valence-corrected chi connectivity index (χ0v) is 11.6. The van der Waals surface area contributed by atoms with Crippen molar-refractivity contribution in [1.29, 1.82) is 0 Å². The molecule has 1 N–H and O–H groups in total. The Morgan fingerprint density at radius 1 is 1.32 bits per heavy atom. The normalized spacial score (nSPS) is 10.1. The fourth-order valence-electron chi connectivity index (χ4n) is 1.68. The van der Waals surface area contributed by atoms with Crippen LogP contribution in [0.3, 0.4) is 0 Å². The number of para-hydroxylation sites is 1. The number of aryl methyl sites for hydroxylation is 1. The Hall–Kier alpha value is -1.88. The minimum Gasteiger partial charge on any atom is -0.375 e. The summed E-state index contributed by atoms with van der Waals surface area (Å²) < 4.78 is 4.74. The van der Waals surface area contributed by atoms with Crippen molar-refractivity contribution in [2.75, 3.05) is 32.6 Å². The molecule has 0 radical (unpaired) electrons. The molecule has 0 atom stereocenters. The van der Waals surface area contributed by atoms with Crippen LogP contribution in [0.4, 0.5) is 5.69 Å². The number of carbonyl (C=O) groups is 2. The van der Waals surface area contributed by atoms with E-state index in [2.05, 4.69) is 5.32 Å². The van der Waals surface area contributed by atoms with Crippen molar-refractivity contribution >= 4 is 17.5 Å². The summed E-state index contributed by atoms with van der Waals surface area (Å²) in [5, 5.41) is 2.82. The fraction of sp³-hybridized carbons (Fsp3) is 0.429. The average molecular weight is 264 g/mol. The van der Waals surface area contributed by atoms with E-state index in [4.69, 9.17) is 4.74 Å². The first-order valence-corrected chi connectivity index (χ1v) is 6.19. The third kappa shape index (κ3) is 4.71. The molecule has 0 saturated carbocycles. The van der Waals surface area contributed by atoms with E-state index in [0.717, 1.165) is 17.7 Å². The first kappa shape index (κ1) is 15.2. The second-order valence-electron chi connectivity index (χ2n) is 4.24. The molecule has 0 aromatic heterocycles. The smallest absolute Gasteiger partial charge is 0.248 e. The van der Waals surface area contributed by atoms with E-state index in [1.807, 2.05) is 31.2 Å². The standard InChI is InChI=1S/C14H20N2O3/c1-4-11-7-5-6-8-12(11)15-13(17)9-16(2)14(18)10-19-3/h5-8H,4,9-10H2,1-3H3,(H,15,17). The summed E-state index contributed by atoms with van der Waals surface area (Å²) in [4.78, 5) is 24.7. The number of likely N-dealkylation sites (N-methyl/N-ethyl adjacent to an activating group) is 1.